The topological polar surface area (TPSA) is 95.9 Å². The second-order valence-electron chi connectivity index (χ2n) is 13.4. The lowest BCUT2D eigenvalue weighted by atomic mass is 9.88. The Bertz CT molecular complexity index is 1820. The number of amides is 2. The molecular formula is C41H41F3N2O5. The summed E-state index contributed by atoms with van der Waals surface area (Å²) in [5, 5.41) is 12.8. The molecule has 1 heterocycles. The van der Waals surface area contributed by atoms with Crippen LogP contribution < -0.4 is 10.1 Å². The van der Waals surface area contributed by atoms with Crippen LogP contribution in [0.5, 0.6) is 5.75 Å². The van der Waals surface area contributed by atoms with Crippen LogP contribution in [0.1, 0.15) is 84.8 Å². The molecule has 0 spiro atoms. The monoisotopic (exact) mass is 698 g/mol. The second-order valence-corrected chi connectivity index (χ2v) is 13.4. The van der Waals surface area contributed by atoms with Gasteiger partial charge in [0.15, 0.2) is 0 Å². The number of carbonyl (C=O) groups is 3. The minimum atomic E-state index is -4.44. The quantitative estimate of drug-likeness (QED) is 0.162. The van der Waals surface area contributed by atoms with Gasteiger partial charge in [-0.3, -0.25) is 14.4 Å². The number of nitrogens with zero attached hydrogens (tertiary/aromatic N) is 1. The molecule has 266 valence electrons. The minimum Gasteiger partial charge on any atom is -0.489 e. The second kappa shape index (κ2) is 15.8. The number of carboxylic acid groups (broad SMARTS) is 1. The fraction of sp³-hybridized carbons (Fsp3) is 0.341. The number of hydrogen-bond acceptors (Lipinski definition) is 4. The SMILES string of the molecule is O=C(O)CC(NC(=O)C1c2cc(OCc3ccc(C(F)(F)F)cc3)ccc2CCN1C(=O)C1CCCCCC1)c1ccc(-c2ccccc2)cc1. The number of ether oxygens (including phenoxy) is 1. The zero-order valence-electron chi connectivity index (χ0n) is 28.2. The Labute approximate surface area is 295 Å². The van der Waals surface area contributed by atoms with Crippen LogP contribution in [0.25, 0.3) is 11.1 Å². The van der Waals surface area contributed by atoms with E-state index in [0.717, 1.165) is 67.3 Å². The average Bonchev–Trinajstić information content (AvgIpc) is 3.43. The zero-order chi connectivity index (χ0) is 36.0. The molecule has 51 heavy (non-hydrogen) atoms. The van der Waals surface area contributed by atoms with E-state index in [2.05, 4.69) is 5.32 Å². The molecule has 0 bridgehead atoms. The third-order valence-corrected chi connectivity index (χ3v) is 9.88. The smallest absolute Gasteiger partial charge is 0.416 e. The predicted molar refractivity (Wildman–Crippen MR) is 187 cm³/mol. The molecule has 1 aliphatic carbocycles. The maximum atomic E-state index is 14.5. The van der Waals surface area contributed by atoms with Gasteiger partial charge in [0.25, 0.3) is 0 Å². The Morgan fingerprint density at radius 2 is 1.51 bits per heavy atom. The van der Waals surface area contributed by atoms with Crippen molar-refractivity contribution in [3.63, 3.8) is 0 Å². The molecule has 2 atom stereocenters. The standard InChI is InChI=1S/C41H41F3N2O5/c42-41(43,44)33-19-12-27(13-20-33)26-51-34-21-18-30-22-23-46(40(50)32-10-4-1-2-5-11-32)38(35(30)24-34)39(49)45-36(25-37(47)48)31-16-14-29(15-17-31)28-8-6-3-7-9-28/h3,6-9,12-21,24,32,36,38H,1-2,4-5,10-11,22-23,25-26H2,(H,45,49)(H,47,48). The van der Waals surface area contributed by atoms with Gasteiger partial charge in [-0.25, -0.2) is 0 Å². The fourth-order valence-electron chi connectivity index (χ4n) is 7.14. The van der Waals surface area contributed by atoms with Crippen molar-refractivity contribution in [3.8, 4) is 16.9 Å². The van der Waals surface area contributed by atoms with Crippen molar-refractivity contribution in [2.45, 2.75) is 76.2 Å². The summed E-state index contributed by atoms with van der Waals surface area (Å²) < 4.78 is 45.2. The number of benzene rings is 4. The number of hydrogen-bond donors (Lipinski definition) is 2. The highest BCUT2D eigenvalue weighted by Gasteiger charge is 2.40. The number of carbonyl (C=O) groups excluding carboxylic acids is 2. The number of fused-ring (bicyclic) bond motifs is 1. The number of nitrogens with one attached hydrogen (secondary N) is 1. The normalized spacial score (nSPS) is 17.2. The van der Waals surface area contributed by atoms with Crippen LogP contribution in [0.15, 0.2) is 97.1 Å². The first-order valence-electron chi connectivity index (χ1n) is 17.5. The molecule has 0 aromatic heterocycles. The van der Waals surface area contributed by atoms with Crippen LogP contribution in [0.3, 0.4) is 0 Å². The van der Waals surface area contributed by atoms with Gasteiger partial charge in [0.1, 0.15) is 18.4 Å². The van der Waals surface area contributed by atoms with E-state index < -0.39 is 35.7 Å². The molecule has 2 aliphatic rings. The molecule has 1 saturated carbocycles. The van der Waals surface area contributed by atoms with Crippen LogP contribution in [0.4, 0.5) is 13.2 Å². The Morgan fingerprint density at radius 1 is 0.843 bits per heavy atom. The molecule has 2 unspecified atom stereocenters. The van der Waals surface area contributed by atoms with Crippen LogP contribution in [0.2, 0.25) is 0 Å². The van der Waals surface area contributed by atoms with E-state index in [-0.39, 0.29) is 24.9 Å². The molecular weight excluding hydrogens is 657 g/mol. The summed E-state index contributed by atoms with van der Waals surface area (Å²) >= 11 is 0. The number of rotatable bonds is 10. The molecule has 10 heteroatoms. The lowest BCUT2D eigenvalue weighted by molar-refractivity contribution is -0.145. The summed E-state index contributed by atoms with van der Waals surface area (Å²) in [6.07, 6.45) is 1.25. The van der Waals surface area contributed by atoms with E-state index in [1.54, 1.807) is 17.0 Å². The molecule has 0 saturated heterocycles. The van der Waals surface area contributed by atoms with E-state index in [1.807, 2.05) is 60.7 Å². The number of halogens is 3. The molecule has 2 N–H and O–H groups in total. The van der Waals surface area contributed by atoms with Crippen LogP contribution in [-0.2, 0) is 33.6 Å². The van der Waals surface area contributed by atoms with Gasteiger partial charge in [0.05, 0.1) is 18.0 Å². The first-order valence-corrected chi connectivity index (χ1v) is 17.5. The van der Waals surface area contributed by atoms with Gasteiger partial charge >= 0.3 is 12.1 Å². The lowest BCUT2D eigenvalue weighted by Gasteiger charge is -2.39. The molecule has 1 aliphatic heterocycles. The third kappa shape index (κ3) is 8.79. The summed E-state index contributed by atoms with van der Waals surface area (Å²) in [4.78, 5) is 42.3. The molecule has 7 nitrogen and oxygen atoms in total. The van der Waals surface area contributed by atoms with E-state index >= 15 is 0 Å². The highest BCUT2D eigenvalue weighted by atomic mass is 19.4. The summed E-state index contributed by atoms with van der Waals surface area (Å²) in [5.74, 6) is -1.46. The lowest BCUT2D eigenvalue weighted by Crippen LogP contribution is -2.49. The number of alkyl halides is 3. The third-order valence-electron chi connectivity index (χ3n) is 9.88. The van der Waals surface area contributed by atoms with E-state index in [4.69, 9.17) is 4.74 Å². The van der Waals surface area contributed by atoms with Crippen LogP contribution in [0, 0.1) is 5.92 Å². The summed E-state index contributed by atoms with van der Waals surface area (Å²) in [5.41, 5.74) is 3.81. The molecule has 2 amide bonds. The Balaban J connectivity index is 1.29. The Morgan fingerprint density at radius 3 is 2.16 bits per heavy atom. The summed E-state index contributed by atoms with van der Waals surface area (Å²) in [7, 11) is 0. The average molecular weight is 699 g/mol. The highest BCUT2D eigenvalue weighted by Crippen LogP contribution is 2.37. The van der Waals surface area contributed by atoms with Gasteiger partial charge in [0, 0.05) is 12.5 Å². The van der Waals surface area contributed by atoms with Crippen molar-refractivity contribution < 1.29 is 37.4 Å². The van der Waals surface area contributed by atoms with Crippen molar-refractivity contribution >= 4 is 17.8 Å². The maximum Gasteiger partial charge on any atom is 0.416 e. The van der Waals surface area contributed by atoms with Gasteiger partial charge in [-0.2, -0.15) is 13.2 Å². The van der Waals surface area contributed by atoms with Crippen molar-refractivity contribution in [3.05, 3.63) is 125 Å². The van der Waals surface area contributed by atoms with Crippen LogP contribution >= 0.6 is 0 Å². The maximum absolute atomic E-state index is 14.5. The van der Waals surface area contributed by atoms with Crippen molar-refractivity contribution in [2.24, 2.45) is 5.92 Å². The van der Waals surface area contributed by atoms with E-state index in [9.17, 15) is 32.7 Å². The molecule has 4 aromatic rings. The van der Waals surface area contributed by atoms with Gasteiger partial charge < -0.3 is 20.1 Å². The fourth-order valence-corrected chi connectivity index (χ4v) is 7.14. The first kappa shape index (κ1) is 35.7. The highest BCUT2D eigenvalue weighted by molar-refractivity contribution is 5.91. The minimum absolute atomic E-state index is 0.00182. The first-order chi connectivity index (χ1) is 24.6. The van der Waals surface area contributed by atoms with E-state index in [0.29, 0.717) is 35.4 Å². The molecule has 1 fully saturated rings. The predicted octanol–water partition coefficient (Wildman–Crippen LogP) is 8.68. The molecule has 4 aromatic carbocycles. The van der Waals surface area contributed by atoms with Crippen molar-refractivity contribution in [2.75, 3.05) is 6.54 Å². The molecule has 6 rings (SSSR count). The summed E-state index contributed by atoms with van der Waals surface area (Å²) in [6.45, 7) is 0.333. The van der Waals surface area contributed by atoms with Gasteiger partial charge in [-0.15, -0.1) is 0 Å². The van der Waals surface area contributed by atoms with Crippen molar-refractivity contribution in [1.29, 1.82) is 0 Å². The van der Waals surface area contributed by atoms with Gasteiger partial charge in [-0.05, 0) is 76.9 Å². The number of carboxylic acids is 1. The Kier molecular flexibility index (Phi) is 11.1. The largest absolute Gasteiger partial charge is 0.489 e. The van der Waals surface area contributed by atoms with Gasteiger partial charge in [-0.1, -0.05) is 98.5 Å². The Hall–Kier alpha value is -5.12. The van der Waals surface area contributed by atoms with Crippen LogP contribution in [-0.4, -0.2) is 34.3 Å². The summed E-state index contributed by atoms with van der Waals surface area (Å²) in [6, 6.07) is 25.3. The van der Waals surface area contributed by atoms with Crippen molar-refractivity contribution in [1.82, 2.24) is 10.2 Å². The van der Waals surface area contributed by atoms with Gasteiger partial charge in [0.2, 0.25) is 11.8 Å². The number of aliphatic carboxylic acids is 1. The zero-order valence-corrected chi connectivity index (χ0v) is 28.2. The van der Waals surface area contributed by atoms with E-state index in [1.165, 1.54) is 12.1 Å². The molecule has 0 radical (unpaired) electrons.